The number of hydrogen-bond acceptors (Lipinski definition) is 5. The lowest BCUT2D eigenvalue weighted by molar-refractivity contribution is -0.385. The van der Waals surface area contributed by atoms with E-state index in [1.54, 1.807) is 0 Å². The van der Waals surface area contributed by atoms with E-state index in [-0.39, 0.29) is 18.0 Å². The van der Waals surface area contributed by atoms with Crippen LogP contribution in [0.3, 0.4) is 0 Å². The van der Waals surface area contributed by atoms with Gasteiger partial charge in [0.2, 0.25) is 0 Å². The van der Waals surface area contributed by atoms with Gasteiger partial charge >= 0.3 is 0 Å². The minimum absolute atomic E-state index is 0. The molecule has 0 bridgehead atoms. The van der Waals surface area contributed by atoms with E-state index in [1.165, 1.54) is 0 Å². The summed E-state index contributed by atoms with van der Waals surface area (Å²) in [7, 11) is 0. The topological polar surface area (TPSA) is 87.5 Å². The fourth-order valence-corrected chi connectivity index (χ4v) is 2.21. The van der Waals surface area contributed by atoms with Gasteiger partial charge in [0.1, 0.15) is 11.4 Å². The Hall–Kier alpha value is -1.77. The third-order valence-electron chi connectivity index (χ3n) is 3.32. The van der Waals surface area contributed by atoms with E-state index in [0.717, 1.165) is 44.4 Å². The van der Waals surface area contributed by atoms with Crippen LogP contribution in [0, 0.1) is 15.9 Å². The van der Waals surface area contributed by atoms with E-state index in [9.17, 15) is 19.3 Å². The molecular formula is C13H18ClFN4O3. The molecule has 1 aliphatic heterocycles. The monoisotopic (exact) mass is 332 g/mol. The van der Waals surface area contributed by atoms with E-state index < -0.39 is 22.3 Å². The Labute approximate surface area is 133 Å². The second-order valence-corrected chi connectivity index (χ2v) is 4.77. The Morgan fingerprint density at radius 1 is 1.41 bits per heavy atom. The molecule has 0 atom stereocenters. The smallest absolute Gasteiger partial charge is 0.285 e. The van der Waals surface area contributed by atoms with Crippen LogP contribution in [0.5, 0.6) is 0 Å². The fourth-order valence-electron chi connectivity index (χ4n) is 2.21. The van der Waals surface area contributed by atoms with Gasteiger partial charge < -0.3 is 10.6 Å². The van der Waals surface area contributed by atoms with E-state index >= 15 is 0 Å². The zero-order valence-corrected chi connectivity index (χ0v) is 12.7. The van der Waals surface area contributed by atoms with Crippen LogP contribution in [-0.4, -0.2) is 55.0 Å². The lowest BCUT2D eigenvalue weighted by atomic mass is 10.1. The van der Waals surface area contributed by atoms with Crippen LogP contribution >= 0.6 is 12.4 Å². The number of piperazine rings is 1. The predicted octanol–water partition coefficient (Wildman–Crippen LogP) is 0.791. The number of nitro groups is 1. The van der Waals surface area contributed by atoms with Crippen molar-refractivity contribution in [2.45, 2.75) is 0 Å². The maximum Gasteiger partial charge on any atom is 0.285 e. The lowest BCUT2D eigenvalue weighted by Crippen LogP contribution is -2.46. The molecule has 9 heteroatoms. The number of halogens is 2. The lowest BCUT2D eigenvalue weighted by Gasteiger charge is -2.27. The van der Waals surface area contributed by atoms with Gasteiger partial charge in [-0.25, -0.2) is 4.39 Å². The van der Waals surface area contributed by atoms with E-state index in [1.807, 2.05) is 0 Å². The molecule has 1 heterocycles. The summed E-state index contributed by atoms with van der Waals surface area (Å²) in [6.07, 6.45) is 0. The molecule has 0 aliphatic carbocycles. The van der Waals surface area contributed by atoms with Crippen LogP contribution in [0.2, 0.25) is 0 Å². The van der Waals surface area contributed by atoms with Gasteiger partial charge in [0.15, 0.2) is 0 Å². The Kier molecular flexibility index (Phi) is 7.16. The molecule has 0 saturated carbocycles. The van der Waals surface area contributed by atoms with Crippen molar-refractivity contribution in [2.24, 2.45) is 0 Å². The Balaban J connectivity index is 0.00000242. The van der Waals surface area contributed by atoms with Crippen molar-refractivity contribution in [1.29, 1.82) is 0 Å². The van der Waals surface area contributed by atoms with Crippen molar-refractivity contribution in [3.63, 3.8) is 0 Å². The largest absolute Gasteiger partial charge is 0.351 e. The summed E-state index contributed by atoms with van der Waals surface area (Å²) in [4.78, 5) is 24.2. The number of nitro benzene ring substituents is 1. The summed E-state index contributed by atoms with van der Waals surface area (Å²) >= 11 is 0. The van der Waals surface area contributed by atoms with E-state index in [4.69, 9.17) is 0 Å². The number of carbonyl (C=O) groups is 1. The van der Waals surface area contributed by atoms with Gasteiger partial charge in [-0.3, -0.25) is 19.8 Å². The maximum atomic E-state index is 13.0. The molecule has 1 aromatic rings. The van der Waals surface area contributed by atoms with Gasteiger partial charge in [0.25, 0.3) is 11.6 Å². The Morgan fingerprint density at radius 2 is 2.09 bits per heavy atom. The average molecular weight is 333 g/mol. The molecule has 1 amide bonds. The van der Waals surface area contributed by atoms with Crippen molar-refractivity contribution in [1.82, 2.24) is 15.5 Å². The first kappa shape index (κ1) is 18.3. The van der Waals surface area contributed by atoms with E-state index in [0.29, 0.717) is 13.1 Å². The van der Waals surface area contributed by atoms with Crippen LogP contribution < -0.4 is 10.6 Å². The summed E-state index contributed by atoms with van der Waals surface area (Å²) in [5.74, 6) is -1.30. The molecule has 2 N–H and O–H groups in total. The molecule has 22 heavy (non-hydrogen) atoms. The predicted molar refractivity (Wildman–Crippen MR) is 81.9 cm³/mol. The Bertz CT molecular complexity index is 538. The quantitative estimate of drug-likeness (QED) is 0.615. The van der Waals surface area contributed by atoms with Gasteiger partial charge in [0.05, 0.1) is 11.0 Å². The van der Waals surface area contributed by atoms with Crippen LogP contribution in [0.1, 0.15) is 10.4 Å². The first-order chi connectivity index (χ1) is 10.1. The third-order valence-corrected chi connectivity index (χ3v) is 3.32. The van der Waals surface area contributed by atoms with Crippen LogP contribution in [0.25, 0.3) is 0 Å². The Morgan fingerprint density at radius 3 is 2.73 bits per heavy atom. The summed E-state index contributed by atoms with van der Waals surface area (Å²) < 4.78 is 13.0. The number of benzene rings is 1. The molecule has 0 aromatic heterocycles. The molecule has 7 nitrogen and oxygen atoms in total. The summed E-state index contributed by atoms with van der Waals surface area (Å²) in [6.45, 7) is 4.73. The van der Waals surface area contributed by atoms with Crippen molar-refractivity contribution >= 4 is 24.0 Å². The minimum Gasteiger partial charge on any atom is -0.351 e. The standard InChI is InChI=1S/C13H17FN4O3.ClH/c14-10-1-2-11(12(9-10)18(20)21)13(19)16-5-8-17-6-3-15-4-7-17;/h1-2,9,15H,3-8H2,(H,16,19);1H. The first-order valence-corrected chi connectivity index (χ1v) is 6.73. The number of nitrogens with zero attached hydrogens (tertiary/aromatic N) is 2. The molecular weight excluding hydrogens is 315 g/mol. The highest BCUT2D eigenvalue weighted by Gasteiger charge is 2.20. The molecule has 1 aromatic carbocycles. The SMILES string of the molecule is Cl.O=C(NCCN1CCNCC1)c1ccc(F)cc1[N+](=O)[O-]. The first-order valence-electron chi connectivity index (χ1n) is 6.73. The van der Waals surface area contributed by atoms with Crippen LogP contribution in [0.4, 0.5) is 10.1 Å². The fraction of sp³-hybridized carbons (Fsp3) is 0.462. The van der Waals surface area contributed by atoms with Gasteiger partial charge in [-0.1, -0.05) is 0 Å². The van der Waals surface area contributed by atoms with Crippen LogP contribution in [0.15, 0.2) is 18.2 Å². The summed E-state index contributed by atoms with van der Waals surface area (Å²) in [5.41, 5.74) is -0.642. The van der Waals surface area contributed by atoms with Crippen molar-refractivity contribution in [2.75, 3.05) is 39.3 Å². The molecule has 1 fully saturated rings. The van der Waals surface area contributed by atoms with Gasteiger partial charge in [-0.05, 0) is 12.1 Å². The minimum atomic E-state index is -0.756. The molecule has 1 saturated heterocycles. The number of rotatable bonds is 5. The zero-order valence-electron chi connectivity index (χ0n) is 11.9. The highest BCUT2D eigenvalue weighted by molar-refractivity contribution is 5.98. The van der Waals surface area contributed by atoms with Crippen LogP contribution in [-0.2, 0) is 0 Å². The molecule has 1 aliphatic rings. The third kappa shape index (κ3) is 4.90. The number of amides is 1. The number of hydrogen-bond donors (Lipinski definition) is 2. The van der Waals surface area contributed by atoms with Crippen molar-refractivity contribution in [3.05, 3.63) is 39.7 Å². The highest BCUT2D eigenvalue weighted by Crippen LogP contribution is 2.19. The second-order valence-electron chi connectivity index (χ2n) is 4.77. The summed E-state index contributed by atoms with van der Waals surface area (Å²) in [5, 5.41) is 16.7. The normalized spacial score (nSPS) is 15.0. The van der Waals surface area contributed by atoms with Gasteiger partial charge in [0, 0.05) is 39.3 Å². The van der Waals surface area contributed by atoms with E-state index in [2.05, 4.69) is 15.5 Å². The van der Waals surface area contributed by atoms with Crippen molar-refractivity contribution in [3.8, 4) is 0 Å². The molecule has 2 rings (SSSR count). The highest BCUT2D eigenvalue weighted by atomic mass is 35.5. The average Bonchev–Trinajstić information content (AvgIpc) is 2.48. The molecule has 122 valence electrons. The number of carbonyl (C=O) groups excluding carboxylic acids is 1. The van der Waals surface area contributed by atoms with Gasteiger partial charge in [-0.2, -0.15) is 0 Å². The van der Waals surface area contributed by atoms with Crippen molar-refractivity contribution < 1.29 is 14.1 Å². The van der Waals surface area contributed by atoms with Gasteiger partial charge in [-0.15, -0.1) is 12.4 Å². The molecule has 0 spiro atoms. The number of nitrogens with one attached hydrogen (secondary N) is 2. The second kappa shape index (κ2) is 8.62. The zero-order chi connectivity index (χ0) is 15.2. The molecule has 0 radical (unpaired) electrons. The maximum absolute atomic E-state index is 13.0. The molecule has 0 unspecified atom stereocenters. The summed E-state index contributed by atoms with van der Waals surface area (Å²) in [6, 6.07) is 2.93.